The largest absolute Gasteiger partial charge is 0.481 e. The van der Waals surface area contributed by atoms with Gasteiger partial charge in [0.1, 0.15) is 0 Å². The Bertz CT molecular complexity index is 660. The summed E-state index contributed by atoms with van der Waals surface area (Å²) in [6.45, 7) is 0. The summed E-state index contributed by atoms with van der Waals surface area (Å²) in [7, 11) is 1.60. The smallest absolute Gasteiger partial charge is 0.215 e. The molecule has 0 fully saturated rings. The molecule has 0 aliphatic heterocycles. The predicted octanol–water partition coefficient (Wildman–Crippen LogP) is 2.23. The fourth-order valence-electron chi connectivity index (χ4n) is 1.76. The Morgan fingerprint density at radius 3 is 3.18 bits per heavy atom. The molecule has 0 spiro atoms. The number of hydrogen-bond donors (Lipinski definition) is 0. The van der Waals surface area contributed by atoms with Crippen LogP contribution >= 0.6 is 0 Å². The van der Waals surface area contributed by atoms with Gasteiger partial charge in [0.15, 0.2) is 0 Å². The number of nitrogens with zero attached hydrogens (tertiary/aromatic N) is 3. The molecule has 0 atom stereocenters. The molecule has 1 radical (unpaired) electrons. The minimum atomic E-state index is 0.577. The highest BCUT2D eigenvalue weighted by Gasteiger charge is 2.05. The first kappa shape index (κ1) is 9.84. The van der Waals surface area contributed by atoms with Crippen molar-refractivity contribution < 1.29 is 4.74 Å². The zero-order valence-corrected chi connectivity index (χ0v) is 9.29. The summed E-state index contributed by atoms with van der Waals surface area (Å²) in [5, 5.41) is 5.41. The molecular formula is C13H10N3O. The average molecular weight is 224 g/mol. The highest BCUT2D eigenvalue weighted by Crippen LogP contribution is 2.19. The summed E-state index contributed by atoms with van der Waals surface area (Å²) >= 11 is 0. The lowest BCUT2D eigenvalue weighted by Crippen LogP contribution is -1.97. The average Bonchev–Trinajstić information content (AvgIpc) is 2.82. The maximum Gasteiger partial charge on any atom is 0.215 e. The second kappa shape index (κ2) is 3.90. The Kier molecular flexibility index (Phi) is 2.26. The zero-order chi connectivity index (χ0) is 11.7. The number of aromatic nitrogens is 3. The lowest BCUT2D eigenvalue weighted by atomic mass is 10.2. The maximum atomic E-state index is 5.11. The van der Waals surface area contributed by atoms with Crippen LogP contribution in [0, 0.1) is 6.07 Å². The summed E-state index contributed by atoms with van der Waals surface area (Å²) in [6, 6.07) is 12.5. The molecule has 0 aliphatic carbocycles. The van der Waals surface area contributed by atoms with Gasteiger partial charge in [0.05, 0.1) is 24.5 Å². The van der Waals surface area contributed by atoms with E-state index >= 15 is 0 Å². The maximum absolute atomic E-state index is 5.11. The fraction of sp³-hybridized carbons (Fsp3) is 0.0769. The number of rotatable bonds is 2. The molecule has 0 aliphatic rings. The van der Waals surface area contributed by atoms with Gasteiger partial charge in [-0.1, -0.05) is 6.07 Å². The standard InChI is InChI=1S/C13H10N3O/c1-17-13-8-11(6-7-14-13)16-12-5-3-2-4-10(12)9-15-16/h3-9H,1H3. The van der Waals surface area contributed by atoms with E-state index in [4.69, 9.17) is 4.74 Å². The van der Waals surface area contributed by atoms with E-state index in [1.165, 1.54) is 0 Å². The van der Waals surface area contributed by atoms with Gasteiger partial charge in [-0.2, -0.15) is 5.10 Å². The SMILES string of the molecule is COc1cc(-n2ncc3c[c]ccc32)ccn1. The van der Waals surface area contributed by atoms with E-state index in [0.717, 1.165) is 16.6 Å². The monoisotopic (exact) mass is 224 g/mol. The molecule has 17 heavy (non-hydrogen) atoms. The third-order valence-corrected chi connectivity index (χ3v) is 2.58. The number of ether oxygens (including phenoxy) is 1. The van der Waals surface area contributed by atoms with Crippen LogP contribution in [-0.2, 0) is 0 Å². The molecule has 0 saturated heterocycles. The summed E-state index contributed by atoms with van der Waals surface area (Å²) < 4.78 is 6.96. The van der Waals surface area contributed by atoms with Crippen LogP contribution in [0.1, 0.15) is 0 Å². The van der Waals surface area contributed by atoms with Crippen LogP contribution in [0.5, 0.6) is 5.88 Å². The van der Waals surface area contributed by atoms with Crippen molar-refractivity contribution in [3.05, 3.63) is 48.8 Å². The number of benzene rings is 1. The van der Waals surface area contributed by atoms with Crippen LogP contribution in [0.25, 0.3) is 16.6 Å². The summed E-state index contributed by atoms with van der Waals surface area (Å²) in [6.07, 6.45) is 3.52. The molecule has 3 aromatic rings. The van der Waals surface area contributed by atoms with Gasteiger partial charge in [-0.15, -0.1) is 0 Å². The van der Waals surface area contributed by atoms with Crippen LogP contribution < -0.4 is 4.74 Å². The van der Waals surface area contributed by atoms with E-state index in [9.17, 15) is 0 Å². The van der Waals surface area contributed by atoms with Gasteiger partial charge in [-0.3, -0.25) is 0 Å². The minimum Gasteiger partial charge on any atom is -0.481 e. The summed E-state index contributed by atoms with van der Waals surface area (Å²) in [4.78, 5) is 4.08. The Morgan fingerprint density at radius 2 is 2.29 bits per heavy atom. The fourth-order valence-corrected chi connectivity index (χ4v) is 1.76. The number of methoxy groups -OCH3 is 1. The highest BCUT2D eigenvalue weighted by molar-refractivity contribution is 5.79. The van der Waals surface area contributed by atoms with Crippen LogP contribution in [0.4, 0.5) is 0 Å². The van der Waals surface area contributed by atoms with Crippen LogP contribution in [0.3, 0.4) is 0 Å². The minimum absolute atomic E-state index is 0.577. The Hall–Kier alpha value is -2.36. The zero-order valence-electron chi connectivity index (χ0n) is 9.29. The molecule has 0 amide bonds. The Morgan fingerprint density at radius 1 is 1.35 bits per heavy atom. The van der Waals surface area contributed by atoms with Crippen molar-refractivity contribution in [1.29, 1.82) is 0 Å². The molecule has 3 rings (SSSR count). The van der Waals surface area contributed by atoms with Gasteiger partial charge in [-0.25, -0.2) is 9.67 Å². The first-order chi connectivity index (χ1) is 8.38. The van der Waals surface area contributed by atoms with Crippen LogP contribution in [-0.4, -0.2) is 21.9 Å². The van der Waals surface area contributed by atoms with E-state index in [-0.39, 0.29) is 0 Å². The van der Waals surface area contributed by atoms with E-state index in [1.807, 2.05) is 41.2 Å². The normalized spacial score (nSPS) is 10.6. The Labute approximate surface area is 98.5 Å². The molecular weight excluding hydrogens is 214 g/mol. The third kappa shape index (κ3) is 1.63. The van der Waals surface area contributed by atoms with Gasteiger partial charge < -0.3 is 4.74 Å². The van der Waals surface area contributed by atoms with E-state index in [2.05, 4.69) is 16.1 Å². The van der Waals surface area contributed by atoms with Crippen LogP contribution in [0.2, 0.25) is 0 Å². The number of hydrogen-bond acceptors (Lipinski definition) is 3. The first-order valence-corrected chi connectivity index (χ1v) is 5.23. The van der Waals surface area contributed by atoms with Gasteiger partial charge in [0.2, 0.25) is 5.88 Å². The Balaban J connectivity index is 2.20. The van der Waals surface area contributed by atoms with Gasteiger partial charge in [0, 0.05) is 17.6 Å². The molecule has 0 bridgehead atoms. The molecule has 4 nitrogen and oxygen atoms in total. The van der Waals surface area contributed by atoms with E-state index < -0.39 is 0 Å². The molecule has 4 heteroatoms. The van der Waals surface area contributed by atoms with Gasteiger partial charge in [-0.05, 0) is 24.3 Å². The molecule has 2 aromatic heterocycles. The molecule has 2 heterocycles. The quantitative estimate of drug-likeness (QED) is 0.670. The van der Waals surface area contributed by atoms with Crippen molar-refractivity contribution in [2.45, 2.75) is 0 Å². The molecule has 0 unspecified atom stereocenters. The van der Waals surface area contributed by atoms with Crippen molar-refractivity contribution in [2.75, 3.05) is 7.11 Å². The van der Waals surface area contributed by atoms with Crippen molar-refractivity contribution in [1.82, 2.24) is 14.8 Å². The first-order valence-electron chi connectivity index (χ1n) is 5.23. The summed E-state index contributed by atoms with van der Waals surface area (Å²) in [5.41, 5.74) is 1.97. The van der Waals surface area contributed by atoms with E-state index in [1.54, 1.807) is 13.3 Å². The van der Waals surface area contributed by atoms with Crippen molar-refractivity contribution in [3.63, 3.8) is 0 Å². The van der Waals surface area contributed by atoms with Gasteiger partial charge in [0.25, 0.3) is 0 Å². The third-order valence-electron chi connectivity index (χ3n) is 2.58. The second-order valence-corrected chi connectivity index (χ2v) is 3.60. The predicted molar refractivity (Wildman–Crippen MR) is 64.3 cm³/mol. The van der Waals surface area contributed by atoms with Crippen molar-refractivity contribution >= 4 is 10.9 Å². The second-order valence-electron chi connectivity index (χ2n) is 3.60. The van der Waals surface area contributed by atoms with Gasteiger partial charge >= 0.3 is 0 Å². The summed E-state index contributed by atoms with van der Waals surface area (Å²) in [5.74, 6) is 0.577. The molecule has 83 valence electrons. The molecule has 0 saturated carbocycles. The van der Waals surface area contributed by atoms with Crippen molar-refractivity contribution in [2.24, 2.45) is 0 Å². The molecule has 1 aromatic carbocycles. The van der Waals surface area contributed by atoms with E-state index in [0.29, 0.717) is 5.88 Å². The number of fused-ring (bicyclic) bond motifs is 1. The highest BCUT2D eigenvalue weighted by atomic mass is 16.5. The topological polar surface area (TPSA) is 39.9 Å². The lowest BCUT2D eigenvalue weighted by molar-refractivity contribution is 0.397. The van der Waals surface area contributed by atoms with Crippen molar-refractivity contribution in [3.8, 4) is 11.6 Å². The molecule has 0 N–H and O–H groups in total. The lowest BCUT2D eigenvalue weighted by Gasteiger charge is -2.04. The van der Waals surface area contributed by atoms with Crippen LogP contribution in [0.15, 0.2) is 42.7 Å². The number of pyridine rings is 1.